The third-order valence-electron chi connectivity index (χ3n) is 2.26. The first-order valence-electron chi connectivity index (χ1n) is 4.91. The van der Waals surface area contributed by atoms with Crippen molar-refractivity contribution in [1.82, 2.24) is 9.80 Å². The lowest BCUT2D eigenvalue weighted by Gasteiger charge is -2.02. The molecule has 0 atom stereocenters. The van der Waals surface area contributed by atoms with Crippen LogP contribution in [0.5, 0.6) is 5.75 Å². The number of hydrogen-bond donors (Lipinski definition) is 1. The molecule has 0 aliphatic carbocycles. The van der Waals surface area contributed by atoms with Gasteiger partial charge in [0.25, 0.3) is 0 Å². The molecule has 0 fully saturated rings. The number of nitrogens with zero attached hydrogens (tertiary/aromatic N) is 2. The number of Topliss-reactive ketones (excluding diaryl/α,β-unsaturated/α-hetero) is 1. The Morgan fingerprint density at radius 2 is 1.94 bits per heavy atom. The highest BCUT2D eigenvalue weighted by atomic mass is 79.9. The van der Waals surface area contributed by atoms with Gasteiger partial charge in [-0.3, -0.25) is 4.79 Å². The fourth-order valence-corrected chi connectivity index (χ4v) is 1.43. The van der Waals surface area contributed by atoms with Crippen molar-refractivity contribution in [2.45, 2.75) is 0 Å². The number of benzene rings is 1. The van der Waals surface area contributed by atoms with Crippen molar-refractivity contribution in [2.24, 2.45) is 0 Å². The number of carbonyl (C=O) groups is 1. The molecule has 1 heterocycles. The van der Waals surface area contributed by atoms with E-state index < -0.39 is 0 Å². The normalized spacial score (nSPS) is 13.2. The fourth-order valence-electron chi connectivity index (χ4n) is 1.43. The predicted molar refractivity (Wildman–Crippen MR) is 59.3 cm³/mol. The molecule has 4 nitrogen and oxygen atoms in total. The van der Waals surface area contributed by atoms with Gasteiger partial charge in [0, 0.05) is 5.56 Å². The summed E-state index contributed by atoms with van der Waals surface area (Å²) in [4.78, 5) is 15.2. The lowest BCUT2D eigenvalue weighted by molar-refractivity contribution is -0.0000123. The van der Waals surface area contributed by atoms with E-state index in [1.807, 2.05) is 13.2 Å². The summed E-state index contributed by atoms with van der Waals surface area (Å²) >= 11 is 0. The molecule has 1 radical (unpaired) electrons. The van der Waals surface area contributed by atoms with Crippen LogP contribution >= 0.6 is 0 Å². The highest BCUT2D eigenvalue weighted by Crippen LogP contribution is 2.13. The molecular formula is C12H12BrN2O2. The van der Waals surface area contributed by atoms with Crippen LogP contribution in [0.3, 0.4) is 0 Å². The Balaban J connectivity index is 0.00000144. The summed E-state index contributed by atoms with van der Waals surface area (Å²) in [6.07, 6.45) is 3.61. The van der Waals surface area contributed by atoms with Gasteiger partial charge in [0.2, 0.25) is 0 Å². The van der Waals surface area contributed by atoms with Gasteiger partial charge in [-0.25, -0.2) is 0 Å². The molecule has 0 aromatic heterocycles. The van der Waals surface area contributed by atoms with Crippen LogP contribution in [0.15, 0.2) is 36.7 Å². The van der Waals surface area contributed by atoms with Crippen molar-refractivity contribution in [3.63, 3.8) is 0 Å². The molecule has 89 valence electrons. The number of phenolic OH excluding ortho intramolecular Hbond substituents is 1. The number of phenols is 1. The summed E-state index contributed by atoms with van der Waals surface area (Å²) in [5.74, 6) is 0.155. The largest absolute Gasteiger partial charge is 1.00 e. The first kappa shape index (κ1) is 13.4. The Labute approximate surface area is 111 Å². The average Bonchev–Trinajstić information content (AvgIpc) is 2.65. The zero-order valence-electron chi connectivity index (χ0n) is 9.30. The van der Waals surface area contributed by atoms with Crippen molar-refractivity contribution < 1.29 is 26.9 Å². The number of rotatable bonds is 3. The number of carbonyl (C=O) groups excluding carboxylic acids is 1. The highest BCUT2D eigenvalue weighted by Gasteiger charge is 2.29. The minimum Gasteiger partial charge on any atom is -1.00 e. The van der Waals surface area contributed by atoms with E-state index in [1.54, 1.807) is 28.1 Å². The smallest absolute Gasteiger partial charge is 0.564 e. The molecular weight excluding hydrogens is 284 g/mol. The minimum atomic E-state index is -0.00699. The summed E-state index contributed by atoms with van der Waals surface area (Å²) in [7, 11) is 1.85. The van der Waals surface area contributed by atoms with Gasteiger partial charge in [0.15, 0.2) is 5.78 Å². The van der Waals surface area contributed by atoms with E-state index in [0.717, 1.165) is 0 Å². The lowest BCUT2D eigenvalue weighted by Crippen LogP contribution is -3.00. The number of ketones is 1. The molecule has 2 rings (SSSR count). The van der Waals surface area contributed by atoms with E-state index in [4.69, 9.17) is 5.11 Å². The monoisotopic (exact) mass is 295 g/mol. The molecule has 1 N–H and O–H groups in total. The molecule has 0 saturated carbocycles. The van der Waals surface area contributed by atoms with Crippen LogP contribution in [0.25, 0.3) is 0 Å². The Hall–Kier alpha value is -1.62. The topological polar surface area (TPSA) is 43.8 Å². The molecule has 0 amide bonds. The Kier molecular flexibility index (Phi) is 4.45. The summed E-state index contributed by atoms with van der Waals surface area (Å²) < 4.78 is 0. The molecule has 5 heteroatoms. The summed E-state index contributed by atoms with van der Waals surface area (Å²) in [6, 6.07) is 6.24. The van der Waals surface area contributed by atoms with Crippen molar-refractivity contribution in [3.05, 3.63) is 48.9 Å². The van der Waals surface area contributed by atoms with Gasteiger partial charge in [-0.2, -0.15) is 0 Å². The number of hydrogen-bond acceptors (Lipinski definition) is 4. The van der Waals surface area contributed by atoms with Crippen LogP contribution < -0.4 is 17.0 Å². The van der Waals surface area contributed by atoms with Crippen molar-refractivity contribution in [3.8, 4) is 5.75 Å². The minimum absolute atomic E-state index is 0. The van der Waals surface area contributed by atoms with Crippen LogP contribution in [0.2, 0.25) is 0 Å². The van der Waals surface area contributed by atoms with Crippen molar-refractivity contribution in [2.75, 3.05) is 13.6 Å². The summed E-state index contributed by atoms with van der Waals surface area (Å²) in [6.45, 7) is 3.21. The molecule has 0 saturated heterocycles. The molecule has 0 spiro atoms. The van der Waals surface area contributed by atoms with E-state index in [2.05, 4.69) is 6.67 Å². The SMILES string of the molecule is CN1[C+]N(CC(=O)c2ccc(O)cc2)C=C1.[Br-]. The van der Waals surface area contributed by atoms with Crippen LogP contribution in [-0.4, -0.2) is 34.3 Å². The zero-order valence-corrected chi connectivity index (χ0v) is 10.9. The van der Waals surface area contributed by atoms with Crippen molar-refractivity contribution >= 4 is 5.78 Å². The number of aromatic hydroxyl groups is 1. The van der Waals surface area contributed by atoms with E-state index in [0.29, 0.717) is 5.56 Å². The van der Waals surface area contributed by atoms with E-state index in [-0.39, 0.29) is 35.1 Å². The van der Waals surface area contributed by atoms with Crippen LogP contribution in [0.4, 0.5) is 0 Å². The maximum atomic E-state index is 11.8. The van der Waals surface area contributed by atoms with Gasteiger partial charge in [0.1, 0.15) is 12.3 Å². The summed E-state index contributed by atoms with van der Waals surface area (Å²) in [5.41, 5.74) is 0.586. The predicted octanol–water partition coefficient (Wildman–Crippen LogP) is -1.71. The number of halogens is 1. The van der Waals surface area contributed by atoms with Gasteiger partial charge in [-0.1, -0.05) is 0 Å². The second-order valence-electron chi connectivity index (χ2n) is 3.61. The Bertz CT molecular complexity index is 417. The second-order valence-corrected chi connectivity index (χ2v) is 3.61. The van der Waals surface area contributed by atoms with E-state index >= 15 is 0 Å². The van der Waals surface area contributed by atoms with E-state index in [9.17, 15) is 4.79 Å². The van der Waals surface area contributed by atoms with Gasteiger partial charge in [-0.05, 0) is 24.3 Å². The van der Waals surface area contributed by atoms with Gasteiger partial charge in [-0.15, -0.1) is 9.80 Å². The molecule has 1 aromatic rings. The Morgan fingerprint density at radius 3 is 2.47 bits per heavy atom. The average molecular weight is 296 g/mol. The molecule has 0 unspecified atom stereocenters. The Morgan fingerprint density at radius 1 is 1.29 bits per heavy atom. The van der Waals surface area contributed by atoms with Gasteiger partial charge < -0.3 is 22.1 Å². The third kappa shape index (κ3) is 3.42. The molecule has 1 aromatic carbocycles. The quantitative estimate of drug-likeness (QED) is 0.533. The first-order chi connectivity index (χ1) is 7.65. The standard InChI is InChI=1S/C12H12N2O2.BrH/c1-13-6-7-14(9-13)8-12(16)10-2-4-11(15)5-3-10;/h2-7,15H,8H2,1H3;1H/q+1;/p-1. The molecule has 17 heavy (non-hydrogen) atoms. The van der Waals surface area contributed by atoms with Crippen LogP contribution in [0, 0.1) is 6.67 Å². The maximum Gasteiger partial charge on any atom is 0.564 e. The third-order valence-corrected chi connectivity index (χ3v) is 2.26. The van der Waals surface area contributed by atoms with Gasteiger partial charge >= 0.3 is 6.67 Å². The lowest BCUT2D eigenvalue weighted by atomic mass is 10.1. The van der Waals surface area contributed by atoms with Crippen molar-refractivity contribution in [1.29, 1.82) is 0 Å². The molecule has 1 aliphatic rings. The zero-order chi connectivity index (χ0) is 11.5. The van der Waals surface area contributed by atoms with E-state index in [1.165, 1.54) is 12.1 Å². The maximum absolute atomic E-state index is 11.8. The van der Waals surface area contributed by atoms with Gasteiger partial charge in [0.05, 0.1) is 19.4 Å². The first-order valence-corrected chi connectivity index (χ1v) is 4.91. The molecule has 1 aliphatic heterocycles. The molecule has 0 bridgehead atoms. The van der Waals surface area contributed by atoms with Crippen LogP contribution in [0.1, 0.15) is 10.4 Å². The highest BCUT2D eigenvalue weighted by molar-refractivity contribution is 5.97. The second kappa shape index (κ2) is 5.63. The van der Waals surface area contributed by atoms with Crippen LogP contribution in [-0.2, 0) is 0 Å². The fraction of sp³-hybridized carbons (Fsp3) is 0.167. The summed E-state index contributed by atoms with van der Waals surface area (Å²) in [5, 5.41) is 9.11.